The van der Waals surface area contributed by atoms with E-state index in [1.54, 1.807) is 0 Å². The van der Waals surface area contributed by atoms with Gasteiger partial charge in [0, 0.05) is 11.3 Å². The van der Waals surface area contributed by atoms with E-state index in [9.17, 15) is 4.79 Å². The predicted molar refractivity (Wildman–Crippen MR) is 134 cm³/mol. The average molecular weight is 455 g/mol. The van der Waals surface area contributed by atoms with Crippen molar-refractivity contribution in [2.24, 2.45) is 62.1 Å². The van der Waals surface area contributed by atoms with Crippen LogP contribution in [0.4, 0.5) is 0 Å². The van der Waals surface area contributed by atoms with E-state index in [2.05, 4.69) is 55.4 Å². The van der Waals surface area contributed by atoms with Crippen LogP contribution in [-0.2, 0) is 9.53 Å². The second-order valence-electron chi connectivity index (χ2n) is 16.0. The van der Waals surface area contributed by atoms with Gasteiger partial charge in [-0.05, 0) is 109 Å². The van der Waals surface area contributed by atoms with Gasteiger partial charge >= 0.3 is 0 Å². The van der Waals surface area contributed by atoms with Crippen molar-refractivity contribution in [3.05, 3.63) is 0 Å². The molecule has 1 aliphatic heterocycles. The summed E-state index contributed by atoms with van der Waals surface area (Å²) in [5, 5.41) is 0. The number of Topliss-reactive ketones (excluding diaryl/α,β-unsaturated/α-hetero) is 1. The zero-order valence-corrected chi connectivity index (χ0v) is 22.9. The molecule has 5 aliphatic carbocycles. The summed E-state index contributed by atoms with van der Waals surface area (Å²) in [6.07, 6.45) is 12.1. The fraction of sp³-hybridized carbons (Fsp3) is 0.968. The molecule has 0 aromatic carbocycles. The summed E-state index contributed by atoms with van der Waals surface area (Å²) in [6, 6.07) is 0. The normalized spacial score (nSPS) is 58.6. The second-order valence-corrected chi connectivity index (χ2v) is 16.0. The van der Waals surface area contributed by atoms with Crippen molar-refractivity contribution in [2.75, 3.05) is 6.61 Å². The van der Waals surface area contributed by atoms with Crippen LogP contribution >= 0.6 is 0 Å². The molecular weight excluding hydrogens is 404 g/mol. The molecule has 0 aromatic heterocycles. The maximum absolute atomic E-state index is 14.0. The number of ether oxygens (including phenoxy) is 1. The maximum Gasteiger partial charge on any atom is 0.142 e. The summed E-state index contributed by atoms with van der Waals surface area (Å²) >= 11 is 0. The van der Waals surface area contributed by atoms with Gasteiger partial charge < -0.3 is 4.74 Å². The van der Waals surface area contributed by atoms with Crippen LogP contribution in [0.2, 0.25) is 0 Å². The molecule has 1 saturated heterocycles. The minimum Gasteiger partial charge on any atom is -0.377 e. The maximum atomic E-state index is 14.0. The summed E-state index contributed by atoms with van der Waals surface area (Å²) in [5.74, 6) is 3.43. The lowest BCUT2D eigenvalue weighted by Crippen LogP contribution is -2.69. The van der Waals surface area contributed by atoms with Gasteiger partial charge in [0.15, 0.2) is 0 Å². The van der Waals surface area contributed by atoms with Gasteiger partial charge in [0.2, 0.25) is 0 Å². The highest BCUT2D eigenvalue weighted by Gasteiger charge is 2.73. The number of fused-ring (bicyclic) bond motifs is 5. The van der Waals surface area contributed by atoms with Gasteiger partial charge in [-0.15, -0.1) is 0 Å². The Hall–Kier alpha value is -0.370. The average Bonchev–Trinajstić information content (AvgIpc) is 3.06. The quantitative estimate of drug-likeness (QED) is 0.375. The molecular formula is C31H50O2. The minimum atomic E-state index is -0.140. The van der Waals surface area contributed by atoms with E-state index in [-0.39, 0.29) is 22.2 Å². The van der Waals surface area contributed by atoms with Crippen LogP contribution < -0.4 is 0 Å². The van der Waals surface area contributed by atoms with Crippen molar-refractivity contribution in [1.29, 1.82) is 0 Å². The highest BCUT2D eigenvalue weighted by atomic mass is 16.5. The summed E-state index contributed by atoms with van der Waals surface area (Å²) in [6.45, 7) is 20.9. The highest BCUT2D eigenvalue weighted by Crippen LogP contribution is 2.77. The van der Waals surface area contributed by atoms with Gasteiger partial charge in [0.25, 0.3) is 0 Å². The Morgan fingerprint density at radius 1 is 0.758 bits per heavy atom. The summed E-state index contributed by atoms with van der Waals surface area (Å²) < 4.78 is 6.70. The lowest BCUT2D eigenvalue weighted by atomic mass is 9.31. The van der Waals surface area contributed by atoms with Crippen LogP contribution in [0.15, 0.2) is 0 Å². The first-order valence-electron chi connectivity index (χ1n) is 14.4. The highest BCUT2D eigenvalue weighted by molar-refractivity contribution is 5.88. The molecule has 0 unspecified atom stereocenters. The van der Waals surface area contributed by atoms with Gasteiger partial charge in [0.1, 0.15) is 5.78 Å². The molecule has 186 valence electrons. The Morgan fingerprint density at radius 2 is 1.45 bits per heavy atom. The zero-order valence-electron chi connectivity index (χ0n) is 22.9. The van der Waals surface area contributed by atoms with Gasteiger partial charge in [-0.3, -0.25) is 4.79 Å². The Kier molecular flexibility index (Phi) is 4.53. The molecule has 10 atom stereocenters. The van der Waals surface area contributed by atoms with Crippen molar-refractivity contribution >= 4 is 5.78 Å². The van der Waals surface area contributed by atoms with Crippen LogP contribution in [0.1, 0.15) is 113 Å². The molecule has 5 saturated carbocycles. The first-order chi connectivity index (χ1) is 15.2. The monoisotopic (exact) mass is 454 g/mol. The Labute approximate surface area is 203 Å². The molecule has 2 bridgehead atoms. The van der Waals surface area contributed by atoms with Crippen molar-refractivity contribution in [3.63, 3.8) is 0 Å². The molecule has 0 spiro atoms. The van der Waals surface area contributed by atoms with Gasteiger partial charge in [-0.25, -0.2) is 0 Å². The van der Waals surface area contributed by atoms with E-state index in [4.69, 9.17) is 4.74 Å². The molecule has 2 heteroatoms. The van der Waals surface area contributed by atoms with Crippen LogP contribution in [0.25, 0.3) is 0 Å². The number of hydrogen-bond acceptors (Lipinski definition) is 2. The van der Waals surface area contributed by atoms with E-state index >= 15 is 0 Å². The number of ketones is 1. The largest absolute Gasteiger partial charge is 0.377 e. The van der Waals surface area contributed by atoms with Crippen LogP contribution in [0.3, 0.4) is 0 Å². The first-order valence-corrected chi connectivity index (χ1v) is 14.4. The van der Waals surface area contributed by atoms with Crippen molar-refractivity contribution in [3.8, 4) is 0 Å². The summed E-state index contributed by atoms with van der Waals surface area (Å²) in [4.78, 5) is 14.0. The number of hydrogen-bond donors (Lipinski definition) is 0. The molecule has 1 heterocycles. The van der Waals surface area contributed by atoms with Crippen LogP contribution in [0.5, 0.6) is 0 Å². The Morgan fingerprint density at radius 3 is 2.18 bits per heavy atom. The number of carbonyl (C=O) groups excluding carboxylic acids is 1. The predicted octanol–water partition coefficient (Wildman–Crippen LogP) is 7.69. The molecule has 2 nitrogen and oxygen atoms in total. The smallest absolute Gasteiger partial charge is 0.142 e. The molecule has 0 N–H and O–H groups in total. The molecule has 6 fully saturated rings. The van der Waals surface area contributed by atoms with E-state index < -0.39 is 0 Å². The number of rotatable bonds is 0. The molecule has 33 heavy (non-hydrogen) atoms. The van der Waals surface area contributed by atoms with Gasteiger partial charge in [0.05, 0.1) is 12.7 Å². The number of carbonyl (C=O) groups is 1. The molecule has 6 aliphatic rings. The Balaban J connectivity index is 1.43. The standard InChI is InChI=1S/C31H50O2/c1-19-17-27(4,5)21-11-12-29(7)22(30(21,8)24(19)32)10-9-20-23-25-26(2,3)13-15-31(23,18-33-25)16-14-28(20,29)6/h19-23,25H,9-18H2,1-8H3/t19-,20-,21+,22+,23+,25-,28-,29-,30+,31-/m1/s1. The van der Waals surface area contributed by atoms with Crippen molar-refractivity contribution in [1.82, 2.24) is 0 Å². The third-order valence-corrected chi connectivity index (χ3v) is 14.0. The SMILES string of the molecule is C[C@@H]1CC(C)(C)[C@@H]2CC[C@]3(C)[C@H](CC[C@@H]4[C@H]5[C@H]6OC[C@@]5(CCC6(C)C)CC[C@]43C)[C@@]2(C)C1=O. The lowest BCUT2D eigenvalue weighted by molar-refractivity contribution is -0.239. The topological polar surface area (TPSA) is 26.3 Å². The molecule has 0 amide bonds. The molecule has 0 radical (unpaired) electrons. The zero-order chi connectivity index (χ0) is 23.8. The summed E-state index contributed by atoms with van der Waals surface area (Å²) in [5.41, 5.74) is 1.50. The molecule has 0 aromatic rings. The van der Waals surface area contributed by atoms with Crippen molar-refractivity contribution in [2.45, 2.75) is 119 Å². The first kappa shape index (κ1) is 23.1. The fourth-order valence-electron chi connectivity index (χ4n) is 12.3. The van der Waals surface area contributed by atoms with E-state index in [1.165, 1.54) is 51.4 Å². The third kappa shape index (κ3) is 2.54. The fourth-order valence-corrected chi connectivity index (χ4v) is 12.3. The van der Waals surface area contributed by atoms with E-state index in [0.29, 0.717) is 40.0 Å². The molecule has 6 rings (SSSR count). The second kappa shape index (κ2) is 6.49. The van der Waals surface area contributed by atoms with E-state index in [1.807, 2.05) is 0 Å². The Bertz CT molecular complexity index is 872. The minimum absolute atomic E-state index is 0.140. The van der Waals surface area contributed by atoms with Gasteiger partial charge in [-0.2, -0.15) is 0 Å². The lowest BCUT2D eigenvalue weighted by Gasteiger charge is -2.72. The van der Waals surface area contributed by atoms with Crippen molar-refractivity contribution < 1.29 is 9.53 Å². The van der Waals surface area contributed by atoms with Gasteiger partial charge in [-0.1, -0.05) is 55.4 Å². The van der Waals surface area contributed by atoms with Crippen LogP contribution in [-0.4, -0.2) is 18.5 Å². The van der Waals surface area contributed by atoms with Crippen LogP contribution in [0, 0.1) is 62.1 Å². The van der Waals surface area contributed by atoms with E-state index in [0.717, 1.165) is 24.9 Å². The summed E-state index contributed by atoms with van der Waals surface area (Å²) in [7, 11) is 0. The third-order valence-electron chi connectivity index (χ3n) is 14.0.